The van der Waals surface area contributed by atoms with E-state index in [0.717, 1.165) is 45.1 Å². The molecule has 0 aromatic heterocycles. The van der Waals surface area contributed by atoms with Crippen LogP contribution in [0.5, 0.6) is 0 Å². The molecule has 24 heavy (non-hydrogen) atoms. The predicted molar refractivity (Wildman–Crippen MR) is 88.1 cm³/mol. The number of nitrogens with zero attached hydrogens (tertiary/aromatic N) is 1. The molecule has 3 aliphatic rings. The Labute approximate surface area is 144 Å². The van der Waals surface area contributed by atoms with E-state index < -0.39 is 6.10 Å². The van der Waals surface area contributed by atoms with E-state index in [1.165, 1.54) is 0 Å². The Hall–Kier alpha value is -0.690. The summed E-state index contributed by atoms with van der Waals surface area (Å²) in [5.41, 5.74) is 0. The van der Waals surface area contributed by atoms with Gasteiger partial charge in [-0.05, 0) is 45.4 Å². The molecule has 6 heteroatoms. The van der Waals surface area contributed by atoms with Crippen LogP contribution in [0.1, 0.15) is 52.4 Å². The highest BCUT2D eigenvalue weighted by molar-refractivity contribution is 5.87. The van der Waals surface area contributed by atoms with Crippen molar-refractivity contribution in [1.29, 1.82) is 0 Å². The predicted octanol–water partition coefficient (Wildman–Crippen LogP) is 1.90. The maximum atomic E-state index is 12.5. The van der Waals surface area contributed by atoms with Gasteiger partial charge in [-0.15, -0.1) is 0 Å². The summed E-state index contributed by atoms with van der Waals surface area (Å²) in [5, 5.41) is 10.0. The zero-order valence-corrected chi connectivity index (χ0v) is 14.9. The smallest absolute Gasteiger partial charge is 0.232 e. The van der Waals surface area contributed by atoms with Gasteiger partial charge in [-0.2, -0.15) is 0 Å². The normalized spacial score (nSPS) is 37.0. The van der Waals surface area contributed by atoms with Gasteiger partial charge < -0.3 is 24.2 Å². The second kappa shape index (κ2) is 8.13. The van der Waals surface area contributed by atoms with Gasteiger partial charge in [-0.3, -0.25) is 4.79 Å². The minimum Gasteiger partial charge on any atom is -0.393 e. The van der Waals surface area contributed by atoms with Crippen LogP contribution in [0.25, 0.3) is 0 Å². The molecule has 6 nitrogen and oxygen atoms in total. The molecule has 3 rings (SSSR count). The maximum absolute atomic E-state index is 12.5. The van der Waals surface area contributed by atoms with Gasteiger partial charge in [0.1, 0.15) is 6.23 Å². The molecular formula is C18H31NO5. The molecule has 3 saturated heterocycles. The standard InChI is InChI=1S/C18H31NO5/c1-12(11-24-15-8-4-6-10-23-15)17-16(13(2)20)18(21)19(17)14-7-3-5-9-22-14/h12-17,20H,3-11H2,1-2H3. The summed E-state index contributed by atoms with van der Waals surface area (Å²) in [7, 11) is 0. The van der Waals surface area contributed by atoms with Crippen LogP contribution in [0.2, 0.25) is 0 Å². The Balaban J connectivity index is 1.60. The van der Waals surface area contributed by atoms with Crippen LogP contribution in [-0.4, -0.2) is 60.4 Å². The van der Waals surface area contributed by atoms with Gasteiger partial charge in [0.15, 0.2) is 6.29 Å². The summed E-state index contributed by atoms with van der Waals surface area (Å²) in [6.07, 6.45) is 5.29. The van der Waals surface area contributed by atoms with Crippen LogP contribution in [-0.2, 0) is 19.0 Å². The first-order chi connectivity index (χ1) is 11.6. The van der Waals surface area contributed by atoms with E-state index in [2.05, 4.69) is 6.92 Å². The number of carbonyl (C=O) groups excluding carboxylic acids is 1. The van der Waals surface area contributed by atoms with Crippen molar-refractivity contribution >= 4 is 5.91 Å². The molecule has 0 spiro atoms. The summed E-state index contributed by atoms with van der Waals surface area (Å²) < 4.78 is 17.4. The van der Waals surface area contributed by atoms with Crippen LogP contribution in [0.3, 0.4) is 0 Å². The third kappa shape index (κ3) is 3.77. The molecule has 1 amide bonds. The first-order valence-corrected chi connectivity index (χ1v) is 9.44. The van der Waals surface area contributed by atoms with Crippen LogP contribution >= 0.6 is 0 Å². The minimum absolute atomic E-state index is 0.0164. The third-order valence-electron chi connectivity index (χ3n) is 5.48. The number of aliphatic hydroxyl groups is 1. The van der Waals surface area contributed by atoms with Crippen LogP contribution in [0.15, 0.2) is 0 Å². The average Bonchev–Trinajstić information content (AvgIpc) is 2.59. The molecule has 6 atom stereocenters. The molecule has 138 valence electrons. The summed E-state index contributed by atoms with van der Waals surface area (Å²) in [4.78, 5) is 14.4. The Bertz CT molecular complexity index is 418. The molecule has 0 aromatic carbocycles. The van der Waals surface area contributed by atoms with Gasteiger partial charge in [0.25, 0.3) is 0 Å². The summed E-state index contributed by atoms with van der Waals surface area (Å²) in [6, 6.07) is -0.0239. The number of aliphatic hydroxyl groups excluding tert-OH is 1. The van der Waals surface area contributed by atoms with Gasteiger partial charge in [0, 0.05) is 19.1 Å². The fourth-order valence-electron chi connectivity index (χ4n) is 4.15. The summed E-state index contributed by atoms with van der Waals surface area (Å²) in [5.74, 6) is -0.192. The molecule has 0 aliphatic carbocycles. The number of hydrogen-bond acceptors (Lipinski definition) is 5. The highest BCUT2D eigenvalue weighted by Crippen LogP contribution is 2.39. The highest BCUT2D eigenvalue weighted by atomic mass is 16.7. The summed E-state index contributed by atoms with van der Waals surface area (Å²) in [6.45, 7) is 5.80. The van der Waals surface area contributed by atoms with Crippen molar-refractivity contribution in [2.45, 2.75) is 77.0 Å². The average molecular weight is 341 g/mol. The van der Waals surface area contributed by atoms with Crippen LogP contribution in [0, 0.1) is 11.8 Å². The quantitative estimate of drug-likeness (QED) is 0.748. The van der Waals surface area contributed by atoms with E-state index >= 15 is 0 Å². The van der Waals surface area contributed by atoms with Crippen LogP contribution in [0.4, 0.5) is 0 Å². The van der Waals surface area contributed by atoms with Crippen molar-refractivity contribution in [1.82, 2.24) is 4.90 Å². The third-order valence-corrected chi connectivity index (χ3v) is 5.48. The second-order valence-electron chi connectivity index (χ2n) is 7.43. The molecule has 0 saturated carbocycles. The van der Waals surface area contributed by atoms with Gasteiger partial charge in [-0.25, -0.2) is 0 Å². The Morgan fingerprint density at radius 1 is 1.17 bits per heavy atom. The van der Waals surface area contributed by atoms with Gasteiger partial charge in [-0.1, -0.05) is 6.92 Å². The number of hydrogen-bond donors (Lipinski definition) is 1. The number of carbonyl (C=O) groups is 1. The SMILES string of the molecule is CC(O)C1C(=O)N(C2CCCCO2)C1C(C)COC1CCCCO1. The van der Waals surface area contributed by atoms with E-state index in [1.54, 1.807) is 6.92 Å². The molecule has 3 aliphatic heterocycles. The largest absolute Gasteiger partial charge is 0.393 e. The molecule has 3 heterocycles. The lowest BCUT2D eigenvalue weighted by molar-refractivity contribution is -0.212. The van der Waals surface area contributed by atoms with E-state index in [9.17, 15) is 9.90 Å². The van der Waals surface area contributed by atoms with Crippen molar-refractivity contribution in [2.24, 2.45) is 11.8 Å². The van der Waals surface area contributed by atoms with Crippen molar-refractivity contribution in [3.8, 4) is 0 Å². The van der Waals surface area contributed by atoms with Gasteiger partial charge >= 0.3 is 0 Å². The van der Waals surface area contributed by atoms with E-state index in [-0.39, 0.29) is 36.3 Å². The van der Waals surface area contributed by atoms with Crippen LogP contribution < -0.4 is 0 Å². The number of likely N-dealkylation sites (tertiary alicyclic amines) is 1. The van der Waals surface area contributed by atoms with Crippen molar-refractivity contribution in [3.63, 3.8) is 0 Å². The van der Waals surface area contributed by atoms with Crippen molar-refractivity contribution in [2.75, 3.05) is 19.8 Å². The monoisotopic (exact) mass is 341 g/mol. The molecule has 0 radical (unpaired) electrons. The maximum Gasteiger partial charge on any atom is 0.232 e. The molecule has 6 unspecified atom stereocenters. The second-order valence-corrected chi connectivity index (χ2v) is 7.43. The molecule has 1 N–H and O–H groups in total. The fraction of sp³-hybridized carbons (Fsp3) is 0.944. The first-order valence-electron chi connectivity index (χ1n) is 9.44. The van der Waals surface area contributed by atoms with E-state index in [0.29, 0.717) is 13.2 Å². The number of amides is 1. The lowest BCUT2D eigenvalue weighted by Crippen LogP contribution is -2.70. The Kier molecular flexibility index (Phi) is 6.13. The molecular weight excluding hydrogens is 310 g/mol. The van der Waals surface area contributed by atoms with Crippen molar-refractivity contribution in [3.05, 3.63) is 0 Å². The van der Waals surface area contributed by atoms with Crippen molar-refractivity contribution < 1.29 is 24.1 Å². The summed E-state index contributed by atoms with van der Waals surface area (Å²) >= 11 is 0. The van der Waals surface area contributed by atoms with Gasteiger partial charge in [0.05, 0.1) is 24.7 Å². The van der Waals surface area contributed by atoms with Gasteiger partial charge in [0.2, 0.25) is 5.91 Å². The Morgan fingerprint density at radius 3 is 2.46 bits per heavy atom. The molecule has 3 fully saturated rings. The fourth-order valence-corrected chi connectivity index (χ4v) is 4.15. The van der Waals surface area contributed by atoms with E-state index in [4.69, 9.17) is 14.2 Å². The lowest BCUT2D eigenvalue weighted by atomic mass is 9.76. The number of β-lactam (4-membered cyclic amide) rings is 1. The zero-order chi connectivity index (χ0) is 17.1. The Morgan fingerprint density at radius 2 is 1.88 bits per heavy atom. The molecule has 0 aromatic rings. The van der Waals surface area contributed by atoms with E-state index in [1.807, 2.05) is 4.90 Å². The number of ether oxygens (including phenoxy) is 3. The zero-order valence-electron chi connectivity index (χ0n) is 14.9. The first kappa shape index (κ1) is 18.1. The lowest BCUT2D eigenvalue weighted by Gasteiger charge is -2.54. The minimum atomic E-state index is -0.643. The number of rotatable bonds is 6. The highest BCUT2D eigenvalue weighted by Gasteiger charge is 2.54. The topological polar surface area (TPSA) is 68.2 Å². The molecule has 0 bridgehead atoms.